The monoisotopic (exact) mass is 398 g/mol. The number of hydrogen-bond acceptors (Lipinski definition) is 6. The van der Waals surface area contributed by atoms with E-state index in [2.05, 4.69) is 11.1 Å². The highest BCUT2D eigenvalue weighted by Crippen LogP contribution is 2.32. The minimum absolute atomic E-state index is 0.0549. The van der Waals surface area contributed by atoms with Crippen molar-refractivity contribution in [1.29, 1.82) is 0 Å². The van der Waals surface area contributed by atoms with Crippen molar-refractivity contribution in [3.8, 4) is 5.88 Å². The van der Waals surface area contributed by atoms with Crippen molar-refractivity contribution < 1.29 is 18.1 Å². The second-order valence-corrected chi connectivity index (χ2v) is 8.98. The number of fused-ring (bicyclic) bond motifs is 1. The molecule has 1 aliphatic rings. The molecule has 0 spiro atoms. The van der Waals surface area contributed by atoms with Crippen LogP contribution in [0.5, 0.6) is 5.88 Å². The molecule has 0 saturated heterocycles. The zero-order valence-corrected chi connectivity index (χ0v) is 16.0. The molecule has 6 nitrogen and oxygen atoms in total. The quantitative estimate of drug-likeness (QED) is 0.590. The Balaban J connectivity index is 2.10. The van der Waals surface area contributed by atoms with Gasteiger partial charge in [-0.3, -0.25) is 14.1 Å². The summed E-state index contributed by atoms with van der Waals surface area (Å²) in [5, 5.41) is 12.6. The molecule has 0 atom stereocenters. The van der Waals surface area contributed by atoms with Gasteiger partial charge in [0, 0.05) is 13.1 Å². The third-order valence-electron chi connectivity index (χ3n) is 4.16. The first-order valence-corrected chi connectivity index (χ1v) is 10.7. The molecule has 0 fully saturated rings. The van der Waals surface area contributed by atoms with Crippen LogP contribution in [0.1, 0.15) is 23.8 Å². The molecular weight excluding hydrogens is 380 g/mol. The molecule has 0 bridgehead atoms. The van der Waals surface area contributed by atoms with Crippen molar-refractivity contribution in [2.45, 2.75) is 26.3 Å². The van der Waals surface area contributed by atoms with Gasteiger partial charge in [-0.2, -0.15) is 8.42 Å². The molecule has 25 heavy (non-hydrogen) atoms. The summed E-state index contributed by atoms with van der Waals surface area (Å²) in [6.07, 6.45) is 1.61. The standard InChI is InChI=1S/C16H18N2O4S3/c1-2-12(10-3-4-13-11(9-10)5-6-17-13)14-15(19)18(16(23)24-14)7-8-25(20,21)22/h3-4,9,19H,2,5-8H2,1H3,(H,20,21,22). The molecule has 0 unspecified atom stereocenters. The lowest BCUT2D eigenvalue weighted by Crippen LogP contribution is -2.14. The largest absolute Gasteiger partial charge is 0.493 e. The molecule has 0 radical (unpaired) electrons. The highest BCUT2D eigenvalue weighted by atomic mass is 32.2. The topological polar surface area (TPSA) is 91.9 Å². The second kappa shape index (κ2) is 6.99. The molecule has 3 rings (SSSR count). The van der Waals surface area contributed by atoms with Gasteiger partial charge < -0.3 is 5.11 Å². The van der Waals surface area contributed by atoms with Crippen LogP contribution in [-0.2, 0) is 23.1 Å². The molecule has 9 heteroatoms. The first-order chi connectivity index (χ1) is 11.8. The average molecular weight is 399 g/mol. The summed E-state index contributed by atoms with van der Waals surface area (Å²) < 4.78 is 32.6. The Morgan fingerprint density at radius 1 is 1.44 bits per heavy atom. The Labute approximate surface area is 154 Å². The van der Waals surface area contributed by atoms with Crippen molar-refractivity contribution >= 4 is 39.2 Å². The summed E-state index contributed by atoms with van der Waals surface area (Å²) in [5.74, 6) is -0.548. The van der Waals surface area contributed by atoms with Gasteiger partial charge in [0.25, 0.3) is 10.1 Å². The van der Waals surface area contributed by atoms with Crippen LogP contribution in [0.4, 0.5) is 0 Å². The van der Waals surface area contributed by atoms with Gasteiger partial charge in [-0.1, -0.05) is 13.0 Å². The van der Waals surface area contributed by atoms with Gasteiger partial charge in [0.2, 0.25) is 5.88 Å². The van der Waals surface area contributed by atoms with Crippen molar-refractivity contribution in [2.24, 2.45) is 4.99 Å². The maximum absolute atomic E-state index is 11.0. The number of aromatic hydroxyl groups is 1. The predicted molar refractivity (Wildman–Crippen MR) is 99.8 cm³/mol. The fraction of sp³-hybridized carbons (Fsp3) is 0.375. The van der Waals surface area contributed by atoms with Crippen molar-refractivity contribution in [2.75, 3.05) is 12.3 Å². The van der Waals surface area contributed by atoms with E-state index in [9.17, 15) is 13.5 Å². The smallest absolute Gasteiger partial charge is 0.266 e. The van der Waals surface area contributed by atoms with E-state index in [1.54, 1.807) is 0 Å². The summed E-state index contributed by atoms with van der Waals surface area (Å²) in [6.45, 7) is 2.72. The first kappa shape index (κ1) is 18.2. The van der Waals surface area contributed by atoms with Crippen LogP contribution in [0, 0.1) is 3.95 Å². The molecule has 2 N–H and O–H groups in total. The maximum Gasteiger partial charge on any atom is 0.266 e. The van der Waals surface area contributed by atoms with Crippen molar-refractivity contribution in [1.82, 2.24) is 4.57 Å². The van der Waals surface area contributed by atoms with E-state index >= 15 is 0 Å². The first-order valence-electron chi connectivity index (χ1n) is 7.85. The van der Waals surface area contributed by atoms with Gasteiger partial charge in [-0.15, -0.1) is 11.3 Å². The van der Waals surface area contributed by atoms with Crippen molar-refractivity contribution in [3.63, 3.8) is 0 Å². The third kappa shape index (κ3) is 3.84. The van der Waals surface area contributed by atoms with E-state index in [1.165, 1.54) is 21.5 Å². The number of rotatable bonds is 5. The minimum atomic E-state index is -4.12. The number of thiazole rings is 1. The molecule has 1 aromatic heterocycles. The van der Waals surface area contributed by atoms with Crippen LogP contribution in [0.2, 0.25) is 0 Å². The summed E-state index contributed by atoms with van der Waals surface area (Å²) >= 11 is 6.51. The Morgan fingerprint density at radius 2 is 2.20 bits per heavy atom. The number of nitrogens with zero attached hydrogens (tertiary/aromatic N) is 2. The van der Waals surface area contributed by atoms with Gasteiger partial charge in [0.1, 0.15) is 0 Å². The van der Waals surface area contributed by atoms with E-state index in [1.807, 2.05) is 19.1 Å². The van der Waals surface area contributed by atoms with E-state index in [0.29, 0.717) is 15.3 Å². The highest BCUT2D eigenvalue weighted by molar-refractivity contribution is 7.85. The molecule has 1 aliphatic heterocycles. The SMILES string of the molecule is CCC(c1sc(=S)n(CCS(=O)(=O)O)c1O)=c1ccc2c(c1)CCN=2. The Bertz CT molecular complexity index is 1100. The molecule has 0 amide bonds. The third-order valence-corrected chi connectivity index (χ3v) is 6.36. The van der Waals surface area contributed by atoms with Gasteiger partial charge in [-0.05, 0) is 53.5 Å². The molecule has 2 heterocycles. The van der Waals surface area contributed by atoms with Gasteiger partial charge >= 0.3 is 0 Å². The van der Waals surface area contributed by atoms with E-state index in [0.717, 1.165) is 29.1 Å². The molecule has 0 saturated carbocycles. The van der Waals surface area contributed by atoms with Gasteiger partial charge in [0.15, 0.2) is 3.95 Å². The second-order valence-electron chi connectivity index (χ2n) is 5.77. The molecule has 0 aliphatic carbocycles. The number of hydrogen-bond donors (Lipinski definition) is 2. The van der Waals surface area contributed by atoms with Crippen LogP contribution in [0.25, 0.3) is 5.57 Å². The summed E-state index contributed by atoms with van der Waals surface area (Å²) in [7, 11) is -4.12. The molecule has 134 valence electrons. The Morgan fingerprint density at radius 3 is 2.88 bits per heavy atom. The lowest BCUT2D eigenvalue weighted by molar-refractivity contribution is 0.416. The summed E-state index contributed by atoms with van der Waals surface area (Å²) in [5.41, 5.74) is 2.14. The Hall–Kier alpha value is -1.55. The van der Waals surface area contributed by atoms with E-state index in [4.69, 9.17) is 16.8 Å². The number of benzene rings is 1. The zero-order valence-electron chi connectivity index (χ0n) is 13.6. The predicted octanol–water partition coefficient (Wildman–Crippen LogP) is 1.66. The van der Waals surface area contributed by atoms with Gasteiger partial charge in [-0.25, -0.2) is 0 Å². The highest BCUT2D eigenvalue weighted by Gasteiger charge is 2.17. The molecular formula is C16H18N2O4S3. The summed E-state index contributed by atoms with van der Waals surface area (Å²) in [6, 6.07) is 6.06. The minimum Gasteiger partial charge on any atom is -0.493 e. The lowest BCUT2D eigenvalue weighted by Gasteiger charge is -2.06. The Kier molecular flexibility index (Phi) is 5.10. The fourth-order valence-electron chi connectivity index (χ4n) is 2.92. The molecule has 2 aromatic rings. The van der Waals surface area contributed by atoms with Crippen LogP contribution < -0.4 is 10.6 Å². The van der Waals surface area contributed by atoms with Gasteiger partial charge in [0.05, 0.1) is 16.0 Å². The number of aromatic nitrogens is 1. The maximum atomic E-state index is 11.0. The van der Waals surface area contributed by atoms with E-state index in [-0.39, 0.29) is 12.4 Å². The average Bonchev–Trinajstić information content (AvgIpc) is 3.11. The van der Waals surface area contributed by atoms with Crippen LogP contribution in [-0.4, -0.2) is 34.9 Å². The zero-order chi connectivity index (χ0) is 18.2. The van der Waals surface area contributed by atoms with Crippen LogP contribution in [0.3, 0.4) is 0 Å². The van der Waals surface area contributed by atoms with Crippen LogP contribution >= 0.6 is 23.6 Å². The lowest BCUT2D eigenvalue weighted by atomic mass is 10.1. The normalized spacial score (nSPS) is 15.0. The fourth-order valence-corrected chi connectivity index (χ4v) is 4.81. The van der Waals surface area contributed by atoms with Crippen molar-refractivity contribution in [3.05, 3.63) is 43.2 Å². The van der Waals surface area contributed by atoms with Crippen LogP contribution in [0.15, 0.2) is 23.2 Å². The summed E-state index contributed by atoms with van der Waals surface area (Å²) in [4.78, 5) is 5.06. The van der Waals surface area contributed by atoms with E-state index < -0.39 is 15.9 Å². The molecule has 1 aromatic carbocycles.